The van der Waals surface area contributed by atoms with Crippen molar-refractivity contribution in [1.29, 1.82) is 0 Å². The molecule has 1 aliphatic carbocycles. The average molecular weight is 275 g/mol. The molecule has 0 aliphatic heterocycles. The van der Waals surface area contributed by atoms with Crippen LogP contribution in [-0.2, 0) is 4.79 Å². The molecule has 4 N–H and O–H groups in total. The molecule has 2 amide bonds. The van der Waals surface area contributed by atoms with E-state index in [0.717, 1.165) is 12.8 Å². The van der Waals surface area contributed by atoms with Gasteiger partial charge in [-0.25, -0.2) is 0 Å². The second kappa shape index (κ2) is 5.63. The smallest absolute Gasteiger partial charge is 0.251 e. The normalized spacial score (nSPS) is 14.8. The molecule has 1 aliphatic rings. The lowest BCUT2D eigenvalue weighted by molar-refractivity contribution is -0.117. The van der Waals surface area contributed by atoms with Gasteiger partial charge in [0.2, 0.25) is 5.91 Å². The summed E-state index contributed by atoms with van der Waals surface area (Å²) in [5, 5.41) is 5.69. The molecule has 1 saturated carbocycles. The molecule has 20 heavy (non-hydrogen) atoms. The summed E-state index contributed by atoms with van der Waals surface area (Å²) in [5.41, 5.74) is 6.53. The van der Waals surface area contributed by atoms with Crippen LogP contribution in [0.3, 0.4) is 0 Å². The van der Waals surface area contributed by atoms with E-state index in [4.69, 9.17) is 5.73 Å². The molecular weight excluding hydrogens is 254 g/mol. The summed E-state index contributed by atoms with van der Waals surface area (Å²) in [5.74, 6) is -0.193. The molecule has 0 radical (unpaired) electrons. The summed E-state index contributed by atoms with van der Waals surface area (Å²) in [6.45, 7) is 3.61. The van der Waals surface area contributed by atoms with Gasteiger partial charge in [-0.3, -0.25) is 9.59 Å². The number of hydrogen-bond donors (Lipinski definition) is 3. The van der Waals surface area contributed by atoms with Gasteiger partial charge in [-0.05, 0) is 51.0 Å². The molecule has 0 bridgehead atoms. The fourth-order valence-corrected chi connectivity index (χ4v) is 1.82. The first-order valence-electron chi connectivity index (χ1n) is 6.83. The van der Waals surface area contributed by atoms with Gasteiger partial charge in [0.25, 0.3) is 5.91 Å². The van der Waals surface area contributed by atoms with Crippen molar-refractivity contribution >= 4 is 17.5 Å². The number of nitrogens with two attached hydrogens (primary N) is 1. The maximum Gasteiger partial charge on any atom is 0.251 e. The molecule has 0 unspecified atom stereocenters. The van der Waals surface area contributed by atoms with E-state index >= 15 is 0 Å². The first-order chi connectivity index (χ1) is 9.33. The van der Waals surface area contributed by atoms with Gasteiger partial charge in [0.15, 0.2) is 0 Å². The molecule has 1 aromatic rings. The topological polar surface area (TPSA) is 84.2 Å². The lowest BCUT2D eigenvalue weighted by atomic mass is 10.0. The Kier molecular flexibility index (Phi) is 4.09. The summed E-state index contributed by atoms with van der Waals surface area (Å²) < 4.78 is 0. The number of nitrogens with one attached hydrogen (secondary N) is 2. The monoisotopic (exact) mass is 275 g/mol. The predicted molar refractivity (Wildman–Crippen MR) is 78.4 cm³/mol. The molecule has 5 nitrogen and oxygen atoms in total. The fraction of sp³-hybridized carbons (Fsp3) is 0.467. The Morgan fingerprint density at radius 3 is 2.35 bits per heavy atom. The minimum atomic E-state index is -0.534. The first kappa shape index (κ1) is 14.5. The number of amides is 2. The Balaban J connectivity index is 1.90. The van der Waals surface area contributed by atoms with Gasteiger partial charge in [0, 0.05) is 29.3 Å². The zero-order valence-electron chi connectivity index (χ0n) is 11.9. The summed E-state index contributed by atoms with van der Waals surface area (Å²) in [6.07, 6.45) is 2.38. The number of carbonyl (C=O) groups is 2. The maximum absolute atomic E-state index is 11.8. The molecule has 2 rings (SSSR count). The third-order valence-corrected chi connectivity index (χ3v) is 2.96. The SMILES string of the molecule is CC(C)(N)CC(=O)Nc1ccc(C(=O)NC2CC2)cc1. The molecule has 5 heteroatoms. The van der Waals surface area contributed by atoms with Crippen molar-refractivity contribution in [2.75, 3.05) is 5.32 Å². The number of rotatable bonds is 5. The third kappa shape index (κ3) is 4.66. The molecular formula is C15H21N3O2. The van der Waals surface area contributed by atoms with Crippen molar-refractivity contribution < 1.29 is 9.59 Å². The van der Waals surface area contributed by atoms with Crippen molar-refractivity contribution in [2.45, 2.75) is 44.7 Å². The van der Waals surface area contributed by atoms with E-state index < -0.39 is 5.54 Å². The lowest BCUT2D eigenvalue weighted by Crippen LogP contribution is -2.36. The van der Waals surface area contributed by atoms with E-state index in [1.54, 1.807) is 38.1 Å². The van der Waals surface area contributed by atoms with E-state index in [2.05, 4.69) is 10.6 Å². The van der Waals surface area contributed by atoms with Crippen molar-refractivity contribution in [3.63, 3.8) is 0 Å². The van der Waals surface area contributed by atoms with Gasteiger partial charge in [-0.2, -0.15) is 0 Å². The fourth-order valence-electron chi connectivity index (χ4n) is 1.82. The van der Waals surface area contributed by atoms with Crippen molar-refractivity contribution in [3.05, 3.63) is 29.8 Å². The highest BCUT2D eigenvalue weighted by Crippen LogP contribution is 2.19. The van der Waals surface area contributed by atoms with Gasteiger partial charge in [0.1, 0.15) is 0 Å². The van der Waals surface area contributed by atoms with Crippen LogP contribution in [0, 0.1) is 0 Å². The van der Waals surface area contributed by atoms with E-state index in [1.165, 1.54) is 0 Å². The molecule has 0 saturated heterocycles. The number of anilines is 1. The van der Waals surface area contributed by atoms with Crippen LogP contribution in [0.5, 0.6) is 0 Å². The minimum Gasteiger partial charge on any atom is -0.349 e. The molecule has 0 aromatic heterocycles. The van der Waals surface area contributed by atoms with Crippen LogP contribution in [0.1, 0.15) is 43.5 Å². The molecule has 108 valence electrons. The molecule has 0 heterocycles. The number of benzene rings is 1. The molecule has 1 aromatic carbocycles. The Hall–Kier alpha value is -1.88. The zero-order valence-corrected chi connectivity index (χ0v) is 11.9. The van der Waals surface area contributed by atoms with E-state index in [1.807, 2.05) is 0 Å². The molecule has 0 atom stereocenters. The number of hydrogen-bond acceptors (Lipinski definition) is 3. The van der Waals surface area contributed by atoms with Gasteiger partial charge < -0.3 is 16.4 Å². The second-order valence-corrected chi connectivity index (χ2v) is 6.04. The van der Waals surface area contributed by atoms with Crippen LogP contribution in [0.25, 0.3) is 0 Å². The Labute approximate surface area is 118 Å². The Morgan fingerprint density at radius 2 is 1.85 bits per heavy atom. The molecule has 1 fully saturated rings. The highest BCUT2D eigenvalue weighted by atomic mass is 16.2. The van der Waals surface area contributed by atoms with Gasteiger partial charge in [-0.15, -0.1) is 0 Å². The third-order valence-electron chi connectivity index (χ3n) is 2.96. The van der Waals surface area contributed by atoms with Crippen LogP contribution in [0.4, 0.5) is 5.69 Å². The zero-order chi connectivity index (χ0) is 14.8. The van der Waals surface area contributed by atoms with Crippen LogP contribution >= 0.6 is 0 Å². The summed E-state index contributed by atoms with van der Waals surface area (Å²) in [4.78, 5) is 23.5. The lowest BCUT2D eigenvalue weighted by Gasteiger charge is -2.17. The predicted octanol–water partition coefficient (Wildman–Crippen LogP) is 1.64. The van der Waals surface area contributed by atoms with Crippen LogP contribution in [0.15, 0.2) is 24.3 Å². The largest absolute Gasteiger partial charge is 0.349 e. The minimum absolute atomic E-state index is 0.0616. The van der Waals surface area contributed by atoms with E-state index in [9.17, 15) is 9.59 Å². The van der Waals surface area contributed by atoms with Crippen molar-refractivity contribution in [2.24, 2.45) is 5.73 Å². The van der Waals surface area contributed by atoms with E-state index in [-0.39, 0.29) is 18.2 Å². The highest BCUT2D eigenvalue weighted by molar-refractivity contribution is 5.96. The highest BCUT2D eigenvalue weighted by Gasteiger charge is 2.23. The van der Waals surface area contributed by atoms with E-state index in [0.29, 0.717) is 17.3 Å². The Bertz CT molecular complexity index is 499. The van der Waals surface area contributed by atoms with Crippen molar-refractivity contribution in [3.8, 4) is 0 Å². The first-order valence-corrected chi connectivity index (χ1v) is 6.83. The summed E-state index contributed by atoms with van der Waals surface area (Å²) >= 11 is 0. The maximum atomic E-state index is 11.8. The summed E-state index contributed by atoms with van der Waals surface area (Å²) in [6, 6.07) is 7.21. The van der Waals surface area contributed by atoms with Gasteiger partial charge >= 0.3 is 0 Å². The summed E-state index contributed by atoms with van der Waals surface area (Å²) in [7, 11) is 0. The van der Waals surface area contributed by atoms with Gasteiger partial charge in [0.05, 0.1) is 0 Å². The second-order valence-electron chi connectivity index (χ2n) is 6.04. The number of carbonyl (C=O) groups excluding carboxylic acids is 2. The van der Waals surface area contributed by atoms with Crippen LogP contribution in [-0.4, -0.2) is 23.4 Å². The molecule has 0 spiro atoms. The van der Waals surface area contributed by atoms with Gasteiger partial charge in [-0.1, -0.05) is 0 Å². The van der Waals surface area contributed by atoms with Crippen LogP contribution in [0.2, 0.25) is 0 Å². The standard InChI is InChI=1S/C15H21N3O2/c1-15(2,16)9-13(19)17-11-5-3-10(4-6-11)14(20)18-12-7-8-12/h3-6,12H,7-9,16H2,1-2H3,(H,17,19)(H,18,20). The average Bonchev–Trinajstić information content (AvgIpc) is 3.11. The Morgan fingerprint density at radius 1 is 1.25 bits per heavy atom. The quantitative estimate of drug-likeness (QED) is 0.764. The van der Waals surface area contributed by atoms with Crippen LogP contribution < -0.4 is 16.4 Å². The van der Waals surface area contributed by atoms with Crippen molar-refractivity contribution in [1.82, 2.24) is 5.32 Å².